The fraction of sp³-hybridized carbons (Fsp3) is 0.273. The lowest BCUT2D eigenvalue weighted by atomic mass is 10.1. The Hall–Kier alpha value is -3.06. The summed E-state index contributed by atoms with van der Waals surface area (Å²) in [6.45, 7) is 6.36. The predicted molar refractivity (Wildman–Crippen MR) is 116 cm³/mol. The molecule has 2 aromatic heterocycles. The van der Waals surface area contributed by atoms with Gasteiger partial charge in [-0.3, -0.25) is 9.59 Å². The Labute approximate surface area is 174 Å². The number of anilines is 1. The van der Waals surface area contributed by atoms with Crippen LogP contribution in [-0.4, -0.2) is 36.0 Å². The molecule has 2 amide bonds. The van der Waals surface area contributed by atoms with Gasteiger partial charge in [0.05, 0.1) is 12.1 Å². The van der Waals surface area contributed by atoms with E-state index in [0.29, 0.717) is 19.6 Å². The Morgan fingerprint density at radius 3 is 2.59 bits per heavy atom. The number of nitrogens with one attached hydrogen (secondary N) is 2. The molecule has 0 saturated carbocycles. The fourth-order valence-electron chi connectivity index (χ4n) is 3.48. The lowest BCUT2D eigenvalue weighted by molar-refractivity contribution is -0.120. The smallest absolute Gasteiger partial charge is 0.254 e. The molecular formula is C22H24N4O2S. The summed E-state index contributed by atoms with van der Waals surface area (Å²) in [6, 6.07) is 11.9. The zero-order chi connectivity index (χ0) is 20.4. The van der Waals surface area contributed by atoms with Gasteiger partial charge in [-0.1, -0.05) is 12.1 Å². The highest BCUT2D eigenvalue weighted by Gasteiger charge is 2.20. The number of benzene rings is 1. The number of hydrogen-bond donors (Lipinski definition) is 2. The van der Waals surface area contributed by atoms with Gasteiger partial charge in [-0.2, -0.15) is 0 Å². The molecule has 0 aliphatic carbocycles. The van der Waals surface area contributed by atoms with Crippen molar-refractivity contribution in [2.24, 2.45) is 0 Å². The van der Waals surface area contributed by atoms with E-state index >= 15 is 0 Å². The highest BCUT2D eigenvalue weighted by molar-refractivity contribution is 7.15. The summed E-state index contributed by atoms with van der Waals surface area (Å²) in [5.41, 5.74) is 3.80. The molecule has 1 aromatic carbocycles. The Kier molecular flexibility index (Phi) is 5.40. The first-order valence-electron chi connectivity index (χ1n) is 9.65. The molecule has 0 atom stereocenters. The number of carbonyl (C=O) groups is 2. The number of rotatable bonds is 5. The Morgan fingerprint density at radius 1 is 1.17 bits per heavy atom. The SMILES string of the molecule is Cc1sc(-n2cccc2)c(C(=O)NCc2ccc(N3CCNC(=O)C3)cc2)c1C. The first kappa shape index (κ1) is 19.3. The average molecular weight is 409 g/mol. The van der Waals surface area contributed by atoms with E-state index in [0.717, 1.165) is 38.8 Å². The summed E-state index contributed by atoms with van der Waals surface area (Å²) in [5.74, 6) is -0.0140. The Balaban J connectivity index is 1.45. The second-order valence-electron chi connectivity index (χ2n) is 7.17. The van der Waals surface area contributed by atoms with Crippen molar-refractivity contribution < 1.29 is 9.59 Å². The van der Waals surface area contributed by atoms with Gasteiger partial charge in [0.25, 0.3) is 5.91 Å². The normalized spacial score (nSPS) is 14.0. The van der Waals surface area contributed by atoms with Crippen molar-refractivity contribution in [3.8, 4) is 5.00 Å². The molecule has 1 aliphatic rings. The molecule has 0 bridgehead atoms. The minimum atomic E-state index is -0.0627. The van der Waals surface area contributed by atoms with E-state index in [-0.39, 0.29) is 11.8 Å². The van der Waals surface area contributed by atoms with E-state index in [9.17, 15) is 9.59 Å². The molecular weight excluding hydrogens is 384 g/mol. The monoisotopic (exact) mass is 408 g/mol. The predicted octanol–water partition coefficient (Wildman–Crippen LogP) is 3.02. The summed E-state index contributed by atoms with van der Waals surface area (Å²) in [6.07, 6.45) is 3.92. The lowest BCUT2D eigenvalue weighted by Gasteiger charge is -2.28. The van der Waals surface area contributed by atoms with Crippen LogP contribution in [0.4, 0.5) is 5.69 Å². The second kappa shape index (κ2) is 8.13. The Morgan fingerprint density at radius 2 is 1.90 bits per heavy atom. The maximum absolute atomic E-state index is 12.9. The van der Waals surface area contributed by atoms with Crippen molar-refractivity contribution in [3.63, 3.8) is 0 Å². The van der Waals surface area contributed by atoms with E-state index < -0.39 is 0 Å². The fourth-order valence-corrected chi connectivity index (χ4v) is 4.60. The maximum Gasteiger partial charge on any atom is 0.254 e. The van der Waals surface area contributed by atoms with Gasteiger partial charge < -0.3 is 20.1 Å². The van der Waals surface area contributed by atoms with Gasteiger partial charge in [-0.25, -0.2) is 0 Å². The number of aromatic nitrogens is 1. The summed E-state index contributed by atoms with van der Waals surface area (Å²) in [4.78, 5) is 27.7. The van der Waals surface area contributed by atoms with Crippen LogP contribution in [-0.2, 0) is 11.3 Å². The first-order chi connectivity index (χ1) is 14.0. The zero-order valence-corrected chi connectivity index (χ0v) is 17.4. The topological polar surface area (TPSA) is 66.4 Å². The molecule has 7 heteroatoms. The summed E-state index contributed by atoms with van der Waals surface area (Å²) < 4.78 is 1.99. The van der Waals surface area contributed by atoms with Crippen molar-refractivity contribution in [2.75, 3.05) is 24.5 Å². The highest BCUT2D eigenvalue weighted by atomic mass is 32.1. The third kappa shape index (κ3) is 4.05. The van der Waals surface area contributed by atoms with E-state index in [4.69, 9.17) is 0 Å². The average Bonchev–Trinajstić information content (AvgIpc) is 3.35. The van der Waals surface area contributed by atoms with Gasteiger partial charge >= 0.3 is 0 Å². The minimum absolute atomic E-state index is 0.0486. The van der Waals surface area contributed by atoms with Gasteiger partial charge in [0.2, 0.25) is 5.91 Å². The first-order valence-corrected chi connectivity index (χ1v) is 10.5. The number of piperazine rings is 1. The van der Waals surface area contributed by atoms with Crippen LogP contribution in [0.25, 0.3) is 5.00 Å². The second-order valence-corrected chi connectivity index (χ2v) is 8.38. The van der Waals surface area contributed by atoms with Crippen LogP contribution < -0.4 is 15.5 Å². The van der Waals surface area contributed by atoms with Crippen molar-refractivity contribution in [1.82, 2.24) is 15.2 Å². The van der Waals surface area contributed by atoms with Gasteiger partial charge in [-0.05, 0) is 49.2 Å². The molecule has 0 unspecified atom stereocenters. The van der Waals surface area contributed by atoms with Crippen LogP contribution >= 0.6 is 11.3 Å². The number of aryl methyl sites for hydroxylation is 1. The van der Waals surface area contributed by atoms with Crippen LogP contribution in [0.15, 0.2) is 48.8 Å². The van der Waals surface area contributed by atoms with Crippen molar-refractivity contribution >= 4 is 28.8 Å². The molecule has 3 aromatic rings. The molecule has 0 radical (unpaired) electrons. The Bertz CT molecular complexity index is 1020. The molecule has 1 fully saturated rings. The highest BCUT2D eigenvalue weighted by Crippen LogP contribution is 2.31. The largest absolute Gasteiger partial charge is 0.360 e. The van der Waals surface area contributed by atoms with Crippen LogP contribution in [0.1, 0.15) is 26.4 Å². The number of hydrogen-bond acceptors (Lipinski definition) is 4. The van der Waals surface area contributed by atoms with Crippen molar-refractivity contribution in [3.05, 3.63) is 70.4 Å². The standard InChI is InChI=1S/C22H24N4O2S/c1-15-16(2)29-22(25-10-3-4-11-25)20(15)21(28)24-13-17-5-7-18(8-6-17)26-12-9-23-19(27)14-26/h3-8,10-11H,9,12-14H2,1-2H3,(H,23,27)(H,24,28). The van der Waals surface area contributed by atoms with E-state index in [1.165, 1.54) is 0 Å². The van der Waals surface area contributed by atoms with Gasteiger partial charge in [-0.15, -0.1) is 11.3 Å². The molecule has 4 rings (SSSR count). The summed E-state index contributed by atoms with van der Waals surface area (Å²) in [5, 5.41) is 6.83. The van der Waals surface area contributed by atoms with Crippen LogP contribution in [0, 0.1) is 13.8 Å². The van der Waals surface area contributed by atoms with Crippen LogP contribution in [0.5, 0.6) is 0 Å². The summed E-state index contributed by atoms with van der Waals surface area (Å²) in [7, 11) is 0. The number of nitrogens with zero attached hydrogens (tertiary/aromatic N) is 2. The molecule has 1 saturated heterocycles. The van der Waals surface area contributed by atoms with Crippen LogP contribution in [0.3, 0.4) is 0 Å². The third-order valence-electron chi connectivity index (χ3n) is 5.23. The van der Waals surface area contributed by atoms with E-state index in [2.05, 4.69) is 15.5 Å². The maximum atomic E-state index is 12.9. The number of amides is 2. The zero-order valence-electron chi connectivity index (χ0n) is 16.6. The molecule has 3 heterocycles. The lowest BCUT2D eigenvalue weighted by Crippen LogP contribution is -2.47. The van der Waals surface area contributed by atoms with Crippen molar-refractivity contribution in [2.45, 2.75) is 20.4 Å². The quantitative estimate of drug-likeness (QED) is 0.682. The van der Waals surface area contributed by atoms with Crippen LogP contribution in [0.2, 0.25) is 0 Å². The summed E-state index contributed by atoms with van der Waals surface area (Å²) >= 11 is 1.63. The van der Waals surface area contributed by atoms with E-state index in [1.807, 2.05) is 67.2 Å². The van der Waals surface area contributed by atoms with Crippen molar-refractivity contribution in [1.29, 1.82) is 0 Å². The molecule has 0 spiro atoms. The van der Waals surface area contributed by atoms with Gasteiger partial charge in [0, 0.05) is 42.6 Å². The minimum Gasteiger partial charge on any atom is -0.360 e. The molecule has 150 valence electrons. The van der Waals surface area contributed by atoms with Gasteiger partial charge in [0.1, 0.15) is 5.00 Å². The van der Waals surface area contributed by atoms with E-state index in [1.54, 1.807) is 11.3 Å². The number of carbonyl (C=O) groups excluding carboxylic acids is 2. The molecule has 6 nitrogen and oxygen atoms in total. The van der Waals surface area contributed by atoms with Gasteiger partial charge in [0.15, 0.2) is 0 Å². The third-order valence-corrected chi connectivity index (χ3v) is 6.45. The molecule has 1 aliphatic heterocycles. The number of thiophene rings is 1. The molecule has 2 N–H and O–H groups in total. The molecule has 29 heavy (non-hydrogen) atoms.